The van der Waals surface area contributed by atoms with Crippen LogP contribution in [-0.2, 0) is 11.8 Å². The Morgan fingerprint density at radius 1 is 0.969 bits per heavy atom. The molecule has 2 aliphatic rings. The van der Waals surface area contributed by atoms with Crippen molar-refractivity contribution in [3.8, 4) is 11.5 Å². The lowest BCUT2D eigenvalue weighted by Crippen LogP contribution is -2.36. The fourth-order valence-corrected chi connectivity index (χ4v) is 5.81. The van der Waals surface area contributed by atoms with Gasteiger partial charge >= 0.3 is 0 Å². The maximum Gasteiger partial charge on any atom is 0.119 e. The minimum atomic E-state index is -0.170. The molecule has 3 aromatic carbocycles. The third-order valence-electron chi connectivity index (χ3n) is 7.58. The molecule has 0 bridgehead atoms. The van der Waals surface area contributed by atoms with Crippen LogP contribution in [0.4, 0.5) is 0 Å². The van der Waals surface area contributed by atoms with Crippen LogP contribution in [0.15, 0.2) is 72.8 Å². The molecule has 1 fully saturated rings. The summed E-state index contributed by atoms with van der Waals surface area (Å²) in [6, 6.07) is 25.5. The normalized spacial score (nSPS) is 23.1. The van der Waals surface area contributed by atoms with E-state index in [1.807, 2.05) is 12.1 Å². The number of fused-ring (bicyclic) bond motifs is 1. The van der Waals surface area contributed by atoms with Gasteiger partial charge < -0.3 is 9.84 Å². The summed E-state index contributed by atoms with van der Waals surface area (Å²) in [5.41, 5.74) is 5.07. The van der Waals surface area contributed by atoms with Gasteiger partial charge in [-0.2, -0.15) is 0 Å². The van der Waals surface area contributed by atoms with Gasteiger partial charge in [0.15, 0.2) is 0 Å². The Labute approximate surface area is 191 Å². The molecule has 3 heteroatoms. The third kappa shape index (κ3) is 4.02. The van der Waals surface area contributed by atoms with Crippen LogP contribution in [-0.4, -0.2) is 36.2 Å². The van der Waals surface area contributed by atoms with Crippen LogP contribution < -0.4 is 4.74 Å². The van der Waals surface area contributed by atoms with Crippen molar-refractivity contribution in [2.24, 2.45) is 0 Å². The molecular formula is C29H33NO2. The highest BCUT2D eigenvalue weighted by Gasteiger charge is 2.42. The van der Waals surface area contributed by atoms with Crippen LogP contribution in [0.5, 0.6) is 11.5 Å². The molecule has 3 aromatic rings. The van der Waals surface area contributed by atoms with Crippen LogP contribution in [0, 0.1) is 0 Å². The molecule has 5 rings (SSSR count). The largest absolute Gasteiger partial charge is 0.508 e. The highest BCUT2D eigenvalue weighted by atomic mass is 16.5. The van der Waals surface area contributed by atoms with Gasteiger partial charge in [0.2, 0.25) is 0 Å². The van der Waals surface area contributed by atoms with E-state index in [1.54, 1.807) is 0 Å². The molecule has 1 aliphatic carbocycles. The van der Waals surface area contributed by atoms with E-state index in [0.29, 0.717) is 11.7 Å². The first-order valence-corrected chi connectivity index (χ1v) is 12.0. The number of nitrogens with zero attached hydrogens (tertiary/aromatic N) is 1. The quantitative estimate of drug-likeness (QED) is 0.531. The van der Waals surface area contributed by atoms with Crippen molar-refractivity contribution in [2.45, 2.75) is 43.9 Å². The lowest BCUT2D eigenvalue weighted by molar-refractivity contribution is 0.237. The molecule has 1 heterocycles. The minimum Gasteiger partial charge on any atom is -0.508 e. The first kappa shape index (κ1) is 21.1. The number of likely N-dealkylation sites (tertiary alicyclic amines) is 1. The molecule has 0 amide bonds. The number of hydrogen-bond donors (Lipinski definition) is 1. The molecule has 166 valence electrons. The molecule has 1 N–H and O–H groups in total. The lowest BCUT2D eigenvalue weighted by atomic mass is 9.59. The fraction of sp³-hybridized carbons (Fsp3) is 0.379. The van der Waals surface area contributed by atoms with Gasteiger partial charge in [0, 0.05) is 12.0 Å². The number of hydrogen-bond acceptors (Lipinski definition) is 3. The smallest absolute Gasteiger partial charge is 0.119 e. The fourth-order valence-electron chi connectivity index (χ4n) is 5.81. The van der Waals surface area contributed by atoms with Gasteiger partial charge in [-0.3, -0.25) is 4.90 Å². The third-order valence-corrected chi connectivity index (χ3v) is 7.58. The standard InChI is InChI=1S/C29H33NO2/c1-29(24-10-13-26(14-11-24)32-20-19-30-17-5-6-18-30)27(22-7-3-2-4-8-22)15-9-23-21-25(31)12-16-28(23)29/h2-4,7-8,10-14,16,21,27,31H,5-6,9,15,17-20H2,1H3/t27-,29+/m1/s1. The number of aryl methyl sites for hydroxylation is 1. The Kier molecular flexibility index (Phi) is 5.93. The summed E-state index contributed by atoms with van der Waals surface area (Å²) in [5, 5.41) is 10.1. The van der Waals surface area contributed by atoms with Crippen LogP contribution in [0.1, 0.15) is 54.4 Å². The highest BCUT2D eigenvalue weighted by Crippen LogP contribution is 2.51. The van der Waals surface area contributed by atoms with Crippen molar-refractivity contribution in [3.05, 3.63) is 95.1 Å². The Balaban J connectivity index is 1.44. The molecule has 32 heavy (non-hydrogen) atoms. The first-order chi connectivity index (χ1) is 15.6. The monoisotopic (exact) mass is 427 g/mol. The summed E-state index contributed by atoms with van der Waals surface area (Å²) < 4.78 is 6.07. The number of phenolic OH excluding ortho intramolecular Hbond substituents is 1. The summed E-state index contributed by atoms with van der Waals surface area (Å²) in [5.74, 6) is 1.67. The second-order valence-electron chi connectivity index (χ2n) is 9.47. The summed E-state index contributed by atoms with van der Waals surface area (Å²) in [4.78, 5) is 2.48. The maximum atomic E-state index is 10.1. The Morgan fingerprint density at radius 2 is 1.72 bits per heavy atom. The molecule has 1 saturated heterocycles. The molecule has 0 unspecified atom stereocenters. The predicted octanol–water partition coefficient (Wildman–Crippen LogP) is 5.90. The van der Waals surface area contributed by atoms with E-state index in [0.717, 1.165) is 31.7 Å². The van der Waals surface area contributed by atoms with Gasteiger partial charge in [-0.1, -0.05) is 55.5 Å². The average molecular weight is 428 g/mol. The van der Waals surface area contributed by atoms with E-state index < -0.39 is 0 Å². The summed E-state index contributed by atoms with van der Waals surface area (Å²) in [6.07, 6.45) is 4.67. The highest BCUT2D eigenvalue weighted by molar-refractivity contribution is 5.52. The Bertz CT molecular complexity index is 1040. The predicted molar refractivity (Wildman–Crippen MR) is 130 cm³/mol. The van der Waals surface area contributed by atoms with Crippen molar-refractivity contribution < 1.29 is 9.84 Å². The zero-order valence-corrected chi connectivity index (χ0v) is 19.0. The zero-order valence-electron chi connectivity index (χ0n) is 19.0. The van der Waals surface area contributed by atoms with Gasteiger partial charge in [-0.05, 0) is 91.2 Å². The van der Waals surface area contributed by atoms with Gasteiger partial charge in [0.25, 0.3) is 0 Å². The lowest BCUT2D eigenvalue weighted by Gasteiger charge is -2.44. The first-order valence-electron chi connectivity index (χ1n) is 12.0. The van der Waals surface area contributed by atoms with Crippen LogP contribution in [0.3, 0.4) is 0 Å². The minimum absolute atomic E-state index is 0.170. The molecule has 3 nitrogen and oxygen atoms in total. The molecular weight excluding hydrogens is 394 g/mol. The van der Waals surface area contributed by atoms with E-state index in [-0.39, 0.29) is 5.41 Å². The van der Waals surface area contributed by atoms with Crippen molar-refractivity contribution in [1.82, 2.24) is 4.90 Å². The molecule has 0 saturated carbocycles. The molecule has 0 radical (unpaired) electrons. The molecule has 0 spiro atoms. The SMILES string of the molecule is C[C@@]1(c2ccc(OCCN3CCCC3)cc2)c2ccc(O)cc2CC[C@@H]1c1ccccc1. The van der Waals surface area contributed by atoms with Gasteiger partial charge in [0.1, 0.15) is 18.1 Å². The number of rotatable bonds is 6. The number of benzene rings is 3. The van der Waals surface area contributed by atoms with Crippen LogP contribution in [0.2, 0.25) is 0 Å². The second kappa shape index (κ2) is 8.99. The summed E-state index contributed by atoms with van der Waals surface area (Å²) in [7, 11) is 0. The van der Waals surface area contributed by atoms with E-state index in [2.05, 4.69) is 72.5 Å². The van der Waals surface area contributed by atoms with E-state index >= 15 is 0 Å². The van der Waals surface area contributed by atoms with Crippen molar-refractivity contribution in [2.75, 3.05) is 26.2 Å². The maximum absolute atomic E-state index is 10.1. The van der Waals surface area contributed by atoms with Crippen LogP contribution >= 0.6 is 0 Å². The Hall–Kier alpha value is -2.78. The van der Waals surface area contributed by atoms with E-state index in [4.69, 9.17) is 4.74 Å². The summed E-state index contributed by atoms with van der Waals surface area (Å²) in [6.45, 7) is 6.52. The molecule has 1 aliphatic heterocycles. The molecule has 0 aromatic heterocycles. The van der Waals surface area contributed by atoms with Gasteiger partial charge in [-0.25, -0.2) is 0 Å². The van der Waals surface area contributed by atoms with Gasteiger partial charge in [-0.15, -0.1) is 0 Å². The van der Waals surface area contributed by atoms with E-state index in [1.165, 1.54) is 48.2 Å². The van der Waals surface area contributed by atoms with Gasteiger partial charge in [0.05, 0.1) is 0 Å². The zero-order chi connectivity index (χ0) is 22.0. The molecule has 2 atom stereocenters. The topological polar surface area (TPSA) is 32.7 Å². The van der Waals surface area contributed by atoms with Crippen molar-refractivity contribution in [1.29, 1.82) is 0 Å². The average Bonchev–Trinajstić information content (AvgIpc) is 3.34. The number of aromatic hydroxyl groups is 1. The van der Waals surface area contributed by atoms with E-state index in [9.17, 15) is 5.11 Å². The van der Waals surface area contributed by atoms with Crippen LogP contribution in [0.25, 0.3) is 0 Å². The number of phenols is 1. The Morgan fingerprint density at radius 3 is 2.47 bits per heavy atom. The van der Waals surface area contributed by atoms with Crippen molar-refractivity contribution >= 4 is 0 Å². The second-order valence-corrected chi connectivity index (χ2v) is 9.47. The summed E-state index contributed by atoms with van der Waals surface area (Å²) >= 11 is 0. The number of ether oxygens (including phenoxy) is 1. The van der Waals surface area contributed by atoms with Crippen molar-refractivity contribution in [3.63, 3.8) is 0 Å².